The summed E-state index contributed by atoms with van der Waals surface area (Å²) < 4.78 is 0. The maximum Gasteiger partial charge on any atom is 0.412 e. The quantitative estimate of drug-likeness (QED) is 0.368. The number of anilines is 1. The van der Waals surface area contributed by atoms with Crippen LogP contribution in [0.3, 0.4) is 0 Å². The van der Waals surface area contributed by atoms with Gasteiger partial charge >= 0.3 is 6.09 Å². The molecule has 0 aliphatic carbocycles. The van der Waals surface area contributed by atoms with Crippen molar-refractivity contribution in [3.8, 4) is 5.88 Å². The Balaban J connectivity index is 1.56. The molecule has 3 heterocycles. The molecule has 5 rings (SSSR count). The summed E-state index contributed by atoms with van der Waals surface area (Å²) >= 11 is 0. The van der Waals surface area contributed by atoms with Crippen LogP contribution in [0.25, 0.3) is 28.8 Å². The minimum atomic E-state index is -1.04. The topological polar surface area (TPSA) is 114 Å². The zero-order valence-electron chi connectivity index (χ0n) is 20.1. The van der Waals surface area contributed by atoms with Crippen molar-refractivity contribution in [2.75, 3.05) is 4.90 Å². The van der Waals surface area contributed by atoms with Gasteiger partial charge in [-0.05, 0) is 86.2 Å². The Hall–Kier alpha value is -4.72. The number of nitrogens with one attached hydrogen (secondary N) is 1. The number of nitrogens with zero attached hydrogens (tertiary/aromatic N) is 4. The lowest BCUT2D eigenvalue weighted by atomic mass is 10.0. The number of carboxylic acid groups (broad SMARTS) is 1. The Bertz CT molecular complexity index is 1660. The highest BCUT2D eigenvalue weighted by molar-refractivity contribution is 5.97. The van der Waals surface area contributed by atoms with Crippen molar-refractivity contribution >= 4 is 46.2 Å². The van der Waals surface area contributed by atoms with E-state index in [-0.39, 0.29) is 5.88 Å². The molecule has 0 spiro atoms. The monoisotopic (exact) mass is 479 g/mol. The van der Waals surface area contributed by atoms with Crippen LogP contribution in [0.4, 0.5) is 16.2 Å². The smallest absolute Gasteiger partial charge is 0.412 e. The van der Waals surface area contributed by atoms with E-state index in [0.29, 0.717) is 16.8 Å². The molecule has 8 heteroatoms. The van der Waals surface area contributed by atoms with Gasteiger partial charge in [-0.3, -0.25) is 9.88 Å². The number of carbonyl (C=O) groups is 1. The molecule has 0 fully saturated rings. The minimum Gasteiger partial charge on any atom is -0.494 e. The van der Waals surface area contributed by atoms with E-state index in [9.17, 15) is 15.0 Å². The van der Waals surface area contributed by atoms with Crippen LogP contribution in [0.2, 0.25) is 0 Å². The van der Waals surface area contributed by atoms with Crippen molar-refractivity contribution in [2.45, 2.75) is 26.3 Å². The number of hydrogen-bond donors (Lipinski definition) is 3. The summed E-state index contributed by atoms with van der Waals surface area (Å²) in [5.41, 5.74) is 3.70. The average molecular weight is 480 g/mol. The van der Waals surface area contributed by atoms with Crippen molar-refractivity contribution in [1.29, 1.82) is 0 Å². The van der Waals surface area contributed by atoms with E-state index < -0.39 is 11.6 Å². The molecule has 8 nitrogen and oxygen atoms in total. The van der Waals surface area contributed by atoms with Crippen LogP contribution in [0.15, 0.2) is 77.2 Å². The summed E-state index contributed by atoms with van der Waals surface area (Å²) in [7, 11) is 0. The third-order valence-corrected chi connectivity index (χ3v) is 5.94. The van der Waals surface area contributed by atoms with Gasteiger partial charge in [0.15, 0.2) is 5.88 Å². The van der Waals surface area contributed by atoms with Gasteiger partial charge in [-0.25, -0.2) is 4.79 Å². The fourth-order valence-electron chi connectivity index (χ4n) is 4.30. The standard InChI is InChI=1S/C28H25N5O3/c1-28(2,3)33(27(35)36)19-6-9-23-21(16-19)22(26(34)30-23)14-18-4-7-20-24(31-32-25(20)15-18)8-5-17-10-12-29-13-11-17/h4-16,30,34H,1-3H3,(H,35,36)/b8-5+,18-14?. The molecule has 36 heavy (non-hydrogen) atoms. The second-order valence-corrected chi connectivity index (χ2v) is 9.53. The van der Waals surface area contributed by atoms with Crippen LogP contribution in [0, 0.1) is 0 Å². The molecule has 4 aromatic rings. The highest BCUT2D eigenvalue weighted by Crippen LogP contribution is 2.33. The predicted octanol–water partition coefficient (Wildman–Crippen LogP) is 5.30. The normalized spacial score (nSPS) is 13.6. The largest absolute Gasteiger partial charge is 0.494 e. The van der Waals surface area contributed by atoms with E-state index in [4.69, 9.17) is 0 Å². The summed E-state index contributed by atoms with van der Waals surface area (Å²) in [5.74, 6) is 0.00874. The molecule has 0 saturated carbocycles. The van der Waals surface area contributed by atoms with Crippen molar-refractivity contribution in [1.82, 2.24) is 9.97 Å². The third kappa shape index (κ3) is 4.36. The van der Waals surface area contributed by atoms with Gasteiger partial charge in [0.1, 0.15) is 0 Å². The first kappa shape index (κ1) is 23.0. The number of fused-ring (bicyclic) bond motifs is 2. The molecule has 2 aromatic carbocycles. The zero-order chi connectivity index (χ0) is 25.4. The average Bonchev–Trinajstić information content (AvgIpc) is 3.37. The number of benzene rings is 2. The second-order valence-electron chi connectivity index (χ2n) is 9.53. The molecule has 1 amide bonds. The Morgan fingerprint density at radius 1 is 1.00 bits per heavy atom. The predicted molar refractivity (Wildman–Crippen MR) is 141 cm³/mol. The summed E-state index contributed by atoms with van der Waals surface area (Å²) in [6, 6.07) is 14.9. The van der Waals surface area contributed by atoms with Crippen LogP contribution in [0.1, 0.15) is 31.9 Å². The summed E-state index contributed by atoms with van der Waals surface area (Å²) in [4.78, 5) is 20.3. The minimum absolute atomic E-state index is 0.00874. The summed E-state index contributed by atoms with van der Waals surface area (Å²) in [6.45, 7) is 5.51. The van der Waals surface area contributed by atoms with Gasteiger partial charge < -0.3 is 15.2 Å². The Morgan fingerprint density at radius 2 is 1.78 bits per heavy atom. The molecule has 0 unspecified atom stereocenters. The number of aromatic hydroxyl groups is 1. The molecule has 0 bridgehead atoms. The van der Waals surface area contributed by atoms with E-state index in [1.807, 2.05) is 69.3 Å². The van der Waals surface area contributed by atoms with Crippen LogP contribution in [-0.2, 0) is 0 Å². The molecule has 1 aliphatic heterocycles. The Kier molecular flexibility index (Phi) is 5.64. The van der Waals surface area contributed by atoms with Crippen LogP contribution in [-0.4, -0.2) is 31.8 Å². The number of aromatic amines is 1. The van der Waals surface area contributed by atoms with Gasteiger partial charge in [0.25, 0.3) is 0 Å². The lowest BCUT2D eigenvalue weighted by Crippen LogP contribution is -2.45. The number of amides is 1. The molecular formula is C28H25N5O3. The second kappa shape index (κ2) is 8.81. The van der Waals surface area contributed by atoms with Crippen molar-refractivity contribution < 1.29 is 15.0 Å². The maximum atomic E-state index is 12.0. The molecule has 180 valence electrons. The lowest BCUT2D eigenvalue weighted by molar-refractivity contribution is 0.195. The number of pyridine rings is 1. The number of H-pyrrole nitrogens is 1. The van der Waals surface area contributed by atoms with Gasteiger partial charge in [0, 0.05) is 45.3 Å². The number of azo groups is 1. The molecule has 0 saturated heterocycles. The molecule has 0 atom stereocenters. The Morgan fingerprint density at radius 3 is 2.50 bits per heavy atom. The third-order valence-electron chi connectivity index (χ3n) is 5.94. The molecule has 2 aromatic heterocycles. The number of hydrogen-bond acceptors (Lipinski definition) is 5. The number of rotatable bonds is 4. The van der Waals surface area contributed by atoms with Gasteiger partial charge in [0.2, 0.25) is 0 Å². The number of aromatic nitrogens is 2. The fourth-order valence-corrected chi connectivity index (χ4v) is 4.30. The summed E-state index contributed by atoms with van der Waals surface area (Å²) in [5, 5.41) is 31.5. The SMILES string of the molecule is CC(C)(C)N(C(=O)O)c1ccc2[nH]c(O)c(C=c3ccc4c(c3)N=NC=4/C=C/c3ccncc3)c2c1. The highest BCUT2D eigenvalue weighted by Gasteiger charge is 2.28. The van der Waals surface area contributed by atoms with E-state index in [2.05, 4.69) is 20.2 Å². The molecule has 0 radical (unpaired) electrons. The van der Waals surface area contributed by atoms with E-state index in [0.717, 1.165) is 32.8 Å². The van der Waals surface area contributed by atoms with Gasteiger partial charge in [-0.15, -0.1) is 10.2 Å². The lowest BCUT2D eigenvalue weighted by Gasteiger charge is -2.33. The van der Waals surface area contributed by atoms with Crippen LogP contribution in [0.5, 0.6) is 5.88 Å². The van der Waals surface area contributed by atoms with Gasteiger partial charge in [-0.1, -0.05) is 12.1 Å². The zero-order valence-corrected chi connectivity index (χ0v) is 20.1. The van der Waals surface area contributed by atoms with Gasteiger partial charge in [-0.2, -0.15) is 0 Å². The van der Waals surface area contributed by atoms with E-state index >= 15 is 0 Å². The highest BCUT2D eigenvalue weighted by atomic mass is 16.4. The van der Waals surface area contributed by atoms with Crippen molar-refractivity contribution in [3.63, 3.8) is 0 Å². The molecular weight excluding hydrogens is 454 g/mol. The van der Waals surface area contributed by atoms with Gasteiger partial charge in [0.05, 0.1) is 11.4 Å². The van der Waals surface area contributed by atoms with Crippen molar-refractivity contribution in [3.05, 3.63) is 88.6 Å². The Labute approximate surface area is 207 Å². The maximum absolute atomic E-state index is 12.0. The van der Waals surface area contributed by atoms with Crippen LogP contribution < -0.4 is 15.3 Å². The molecule has 1 aliphatic rings. The first-order valence-electron chi connectivity index (χ1n) is 11.4. The van der Waals surface area contributed by atoms with E-state index in [1.54, 1.807) is 30.6 Å². The van der Waals surface area contributed by atoms with Crippen LogP contribution >= 0.6 is 0 Å². The first-order chi connectivity index (χ1) is 17.2. The fraction of sp³-hybridized carbons (Fsp3) is 0.143. The van der Waals surface area contributed by atoms with E-state index in [1.165, 1.54) is 4.90 Å². The van der Waals surface area contributed by atoms with Crippen molar-refractivity contribution in [2.24, 2.45) is 10.2 Å². The first-order valence-corrected chi connectivity index (χ1v) is 11.4. The molecule has 3 N–H and O–H groups in total. The summed E-state index contributed by atoms with van der Waals surface area (Å²) in [6.07, 6.45) is 8.17.